The molecule has 2 fully saturated rings. The minimum absolute atomic E-state index is 0.625. The van der Waals surface area contributed by atoms with Crippen LogP contribution in [0.1, 0.15) is 52.4 Å². The summed E-state index contributed by atoms with van der Waals surface area (Å²) in [6, 6.07) is 2.22. The van der Waals surface area contributed by atoms with Crippen molar-refractivity contribution >= 4 is 11.8 Å². The molecule has 1 saturated carbocycles. The van der Waals surface area contributed by atoms with Crippen LogP contribution in [0.4, 0.5) is 0 Å². The van der Waals surface area contributed by atoms with Crippen LogP contribution in [-0.4, -0.2) is 47.6 Å². The Kier molecular flexibility index (Phi) is 5.84. The second kappa shape index (κ2) is 7.16. The molecule has 18 heavy (non-hydrogen) atoms. The summed E-state index contributed by atoms with van der Waals surface area (Å²) >= 11 is 2.08. The zero-order chi connectivity index (χ0) is 13.0. The Balaban J connectivity index is 1.84. The first-order valence-corrected chi connectivity index (χ1v) is 9.00. The van der Waals surface area contributed by atoms with E-state index in [2.05, 4.69) is 42.1 Å². The summed E-state index contributed by atoms with van der Waals surface area (Å²) in [6.07, 6.45) is 10.8. The highest BCUT2D eigenvalue weighted by Crippen LogP contribution is 2.31. The van der Waals surface area contributed by atoms with E-state index < -0.39 is 0 Å². The van der Waals surface area contributed by atoms with Gasteiger partial charge in [0.2, 0.25) is 0 Å². The Morgan fingerprint density at radius 1 is 1.17 bits per heavy atom. The minimum Gasteiger partial charge on any atom is -0.311 e. The van der Waals surface area contributed by atoms with Gasteiger partial charge in [0.25, 0.3) is 0 Å². The van der Waals surface area contributed by atoms with Gasteiger partial charge in [-0.2, -0.15) is 11.8 Å². The van der Waals surface area contributed by atoms with Crippen LogP contribution in [-0.2, 0) is 0 Å². The Morgan fingerprint density at radius 2 is 2.00 bits per heavy atom. The Hall–Kier alpha value is 0.270. The summed E-state index contributed by atoms with van der Waals surface area (Å²) in [6.45, 7) is 7.15. The van der Waals surface area contributed by atoms with Crippen molar-refractivity contribution in [2.45, 2.75) is 75.7 Å². The molecule has 0 amide bonds. The molecular weight excluding hydrogens is 240 g/mol. The van der Waals surface area contributed by atoms with Gasteiger partial charge in [0.1, 0.15) is 0 Å². The van der Waals surface area contributed by atoms with E-state index in [9.17, 15) is 0 Å². The molecule has 1 aliphatic heterocycles. The van der Waals surface area contributed by atoms with Crippen molar-refractivity contribution in [3.63, 3.8) is 0 Å². The van der Waals surface area contributed by atoms with Crippen LogP contribution in [0.3, 0.4) is 0 Å². The van der Waals surface area contributed by atoms with E-state index in [4.69, 9.17) is 0 Å². The number of thioether (sulfide) groups is 1. The number of likely N-dealkylation sites (tertiary alicyclic amines) is 1. The molecule has 1 saturated heterocycles. The van der Waals surface area contributed by atoms with Crippen LogP contribution in [0.15, 0.2) is 0 Å². The van der Waals surface area contributed by atoms with Crippen molar-refractivity contribution < 1.29 is 0 Å². The average molecular weight is 270 g/mol. The minimum atomic E-state index is 0.625. The van der Waals surface area contributed by atoms with Crippen molar-refractivity contribution in [3.05, 3.63) is 0 Å². The van der Waals surface area contributed by atoms with Crippen LogP contribution in [0.2, 0.25) is 0 Å². The van der Waals surface area contributed by atoms with Crippen molar-refractivity contribution in [1.29, 1.82) is 0 Å². The Bertz CT molecular complexity index is 245. The number of nitrogens with zero attached hydrogens (tertiary/aromatic N) is 1. The van der Waals surface area contributed by atoms with Crippen molar-refractivity contribution in [2.75, 3.05) is 19.3 Å². The van der Waals surface area contributed by atoms with E-state index in [-0.39, 0.29) is 0 Å². The second-order valence-electron chi connectivity index (χ2n) is 6.33. The van der Waals surface area contributed by atoms with Crippen LogP contribution < -0.4 is 5.32 Å². The molecule has 2 aliphatic rings. The molecule has 0 bridgehead atoms. The molecule has 0 aromatic heterocycles. The highest BCUT2D eigenvalue weighted by molar-refractivity contribution is 7.99. The first-order chi connectivity index (χ1) is 8.69. The molecule has 3 heteroatoms. The molecular formula is C15H30N2S. The first-order valence-electron chi connectivity index (χ1n) is 7.72. The molecule has 0 spiro atoms. The van der Waals surface area contributed by atoms with Gasteiger partial charge < -0.3 is 5.32 Å². The highest BCUT2D eigenvalue weighted by atomic mass is 32.2. The third kappa shape index (κ3) is 4.14. The average Bonchev–Trinajstić information content (AvgIpc) is 2.38. The largest absolute Gasteiger partial charge is 0.311 e. The summed E-state index contributed by atoms with van der Waals surface area (Å²) in [5.74, 6) is 0. The topological polar surface area (TPSA) is 15.3 Å². The standard InChI is InChI=1S/C15H30N2S/c1-12(2)16-13-6-5-9-17(11-13)14-7-4-8-15(10-14)18-3/h12-16H,4-11H2,1-3H3. The molecule has 3 atom stereocenters. The fourth-order valence-electron chi connectivity index (χ4n) is 3.61. The lowest BCUT2D eigenvalue weighted by Crippen LogP contribution is -2.52. The maximum atomic E-state index is 3.73. The second-order valence-corrected chi connectivity index (χ2v) is 7.47. The van der Waals surface area contributed by atoms with Crippen molar-refractivity contribution in [2.24, 2.45) is 0 Å². The van der Waals surface area contributed by atoms with Gasteiger partial charge >= 0.3 is 0 Å². The predicted molar refractivity (Wildman–Crippen MR) is 82.4 cm³/mol. The lowest BCUT2D eigenvalue weighted by atomic mass is 9.91. The van der Waals surface area contributed by atoms with Crippen LogP contribution in [0.5, 0.6) is 0 Å². The molecule has 106 valence electrons. The van der Waals surface area contributed by atoms with Crippen LogP contribution >= 0.6 is 11.8 Å². The first kappa shape index (κ1) is 14.7. The molecule has 1 heterocycles. The monoisotopic (exact) mass is 270 g/mol. The number of hydrogen-bond donors (Lipinski definition) is 1. The number of nitrogens with one attached hydrogen (secondary N) is 1. The van der Waals surface area contributed by atoms with Gasteiger partial charge in [-0.25, -0.2) is 0 Å². The van der Waals surface area contributed by atoms with E-state index in [1.165, 1.54) is 51.6 Å². The number of hydrogen-bond acceptors (Lipinski definition) is 3. The fraction of sp³-hybridized carbons (Fsp3) is 1.00. The highest BCUT2D eigenvalue weighted by Gasteiger charge is 2.29. The lowest BCUT2D eigenvalue weighted by Gasteiger charge is -2.42. The van der Waals surface area contributed by atoms with E-state index >= 15 is 0 Å². The zero-order valence-corrected chi connectivity index (χ0v) is 13.1. The van der Waals surface area contributed by atoms with E-state index in [0.717, 1.165) is 17.3 Å². The van der Waals surface area contributed by atoms with Crippen LogP contribution in [0, 0.1) is 0 Å². The Labute approximate surface area is 117 Å². The fourth-order valence-corrected chi connectivity index (χ4v) is 4.43. The maximum Gasteiger partial charge on any atom is 0.0197 e. The van der Waals surface area contributed by atoms with Crippen molar-refractivity contribution in [1.82, 2.24) is 10.2 Å². The van der Waals surface area contributed by atoms with Gasteiger partial charge in [-0.15, -0.1) is 0 Å². The number of rotatable bonds is 4. The SMILES string of the molecule is CSC1CCCC(N2CCCC(NC(C)C)C2)C1. The smallest absolute Gasteiger partial charge is 0.0197 e. The van der Waals surface area contributed by atoms with Crippen molar-refractivity contribution in [3.8, 4) is 0 Å². The lowest BCUT2D eigenvalue weighted by molar-refractivity contribution is 0.109. The van der Waals surface area contributed by atoms with Gasteiger partial charge in [-0.3, -0.25) is 4.90 Å². The summed E-state index contributed by atoms with van der Waals surface area (Å²) < 4.78 is 0. The molecule has 2 nitrogen and oxygen atoms in total. The molecule has 0 aromatic rings. The van der Waals surface area contributed by atoms with Gasteiger partial charge in [0.05, 0.1) is 0 Å². The van der Waals surface area contributed by atoms with Gasteiger partial charge in [0.15, 0.2) is 0 Å². The third-order valence-electron chi connectivity index (χ3n) is 4.47. The van der Waals surface area contributed by atoms with Gasteiger partial charge in [-0.1, -0.05) is 20.3 Å². The summed E-state index contributed by atoms with van der Waals surface area (Å²) in [7, 11) is 0. The summed E-state index contributed by atoms with van der Waals surface area (Å²) in [4.78, 5) is 2.78. The van der Waals surface area contributed by atoms with Gasteiger partial charge in [0, 0.05) is 29.9 Å². The molecule has 1 aliphatic carbocycles. The molecule has 1 N–H and O–H groups in total. The molecule has 0 aromatic carbocycles. The van der Waals surface area contributed by atoms with E-state index in [1.54, 1.807) is 0 Å². The van der Waals surface area contributed by atoms with Gasteiger partial charge in [-0.05, 0) is 44.9 Å². The molecule has 0 radical (unpaired) electrons. The Morgan fingerprint density at radius 3 is 2.72 bits per heavy atom. The van der Waals surface area contributed by atoms with Crippen LogP contribution in [0.25, 0.3) is 0 Å². The predicted octanol–water partition coefficient (Wildman–Crippen LogP) is 3.12. The molecule has 2 rings (SSSR count). The summed E-state index contributed by atoms with van der Waals surface area (Å²) in [5.41, 5.74) is 0. The zero-order valence-electron chi connectivity index (χ0n) is 12.3. The third-order valence-corrected chi connectivity index (χ3v) is 5.56. The summed E-state index contributed by atoms with van der Waals surface area (Å²) in [5, 5.41) is 4.65. The quantitative estimate of drug-likeness (QED) is 0.845. The van der Waals surface area contributed by atoms with E-state index in [1.807, 2.05) is 0 Å². The van der Waals surface area contributed by atoms with E-state index in [0.29, 0.717) is 6.04 Å². The maximum absolute atomic E-state index is 3.73. The normalized spacial score (nSPS) is 35.0. The number of piperidine rings is 1. The molecule has 3 unspecified atom stereocenters.